The number of hydrogen-bond donors (Lipinski definition) is 1. The standard InChI is InChI=1S/C16H30N2O/c1-14(18-9-3-2-4-10-18)13-17-15-6-11-19-16(12-15)7-5-8-16/h14-15,17H,2-13H2,1H3. The molecule has 2 unspecified atom stereocenters. The fourth-order valence-corrected chi connectivity index (χ4v) is 3.95. The summed E-state index contributed by atoms with van der Waals surface area (Å²) in [5.41, 5.74) is 0.282. The van der Waals surface area contributed by atoms with Crippen molar-refractivity contribution in [3.05, 3.63) is 0 Å². The molecule has 3 fully saturated rings. The molecule has 2 heterocycles. The zero-order valence-electron chi connectivity index (χ0n) is 12.5. The minimum absolute atomic E-state index is 0.282. The van der Waals surface area contributed by atoms with Crippen molar-refractivity contribution in [3.8, 4) is 0 Å². The number of ether oxygens (including phenoxy) is 1. The number of nitrogens with one attached hydrogen (secondary N) is 1. The predicted octanol–water partition coefficient (Wildman–Crippen LogP) is 2.55. The van der Waals surface area contributed by atoms with E-state index in [2.05, 4.69) is 17.1 Å². The Labute approximate surface area is 118 Å². The van der Waals surface area contributed by atoms with E-state index in [0.29, 0.717) is 12.1 Å². The second kappa shape index (κ2) is 6.11. The van der Waals surface area contributed by atoms with Crippen LogP contribution in [-0.2, 0) is 4.74 Å². The van der Waals surface area contributed by atoms with Gasteiger partial charge in [0.15, 0.2) is 0 Å². The summed E-state index contributed by atoms with van der Waals surface area (Å²) in [6.45, 7) is 7.12. The lowest BCUT2D eigenvalue weighted by molar-refractivity contribution is -0.135. The molecular formula is C16H30N2O. The SMILES string of the molecule is CC(CNC1CCOC2(CCC2)C1)N1CCCCC1. The Balaban J connectivity index is 1.41. The summed E-state index contributed by atoms with van der Waals surface area (Å²) in [5, 5.41) is 3.82. The maximum atomic E-state index is 6.00. The molecule has 3 nitrogen and oxygen atoms in total. The minimum atomic E-state index is 0.282. The van der Waals surface area contributed by atoms with Crippen molar-refractivity contribution in [2.24, 2.45) is 0 Å². The van der Waals surface area contributed by atoms with Gasteiger partial charge in [-0.2, -0.15) is 0 Å². The van der Waals surface area contributed by atoms with Crippen LogP contribution in [0, 0.1) is 0 Å². The van der Waals surface area contributed by atoms with E-state index in [-0.39, 0.29) is 5.60 Å². The first-order valence-corrected chi connectivity index (χ1v) is 8.39. The van der Waals surface area contributed by atoms with E-state index >= 15 is 0 Å². The first-order chi connectivity index (χ1) is 9.27. The van der Waals surface area contributed by atoms with Crippen LogP contribution >= 0.6 is 0 Å². The van der Waals surface area contributed by atoms with E-state index in [4.69, 9.17) is 4.74 Å². The maximum Gasteiger partial charge on any atom is 0.0697 e. The van der Waals surface area contributed by atoms with Gasteiger partial charge in [-0.25, -0.2) is 0 Å². The second-order valence-corrected chi connectivity index (χ2v) is 6.93. The topological polar surface area (TPSA) is 24.5 Å². The maximum absolute atomic E-state index is 6.00. The Hall–Kier alpha value is -0.120. The molecule has 1 spiro atoms. The highest BCUT2D eigenvalue weighted by molar-refractivity contribution is 4.96. The minimum Gasteiger partial charge on any atom is -0.375 e. The van der Waals surface area contributed by atoms with E-state index in [1.165, 1.54) is 64.5 Å². The number of likely N-dealkylation sites (tertiary alicyclic amines) is 1. The normalized spacial score (nSPS) is 33.0. The van der Waals surface area contributed by atoms with Crippen LogP contribution in [0.2, 0.25) is 0 Å². The van der Waals surface area contributed by atoms with Crippen LogP contribution in [0.4, 0.5) is 0 Å². The molecule has 2 saturated heterocycles. The fourth-order valence-electron chi connectivity index (χ4n) is 3.95. The average molecular weight is 266 g/mol. The van der Waals surface area contributed by atoms with Crippen molar-refractivity contribution in [2.45, 2.75) is 76.0 Å². The van der Waals surface area contributed by atoms with Crippen LogP contribution in [0.5, 0.6) is 0 Å². The van der Waals surface area contributed by atoms with Crippen molar-refractivity contribution in [1.82, 2.24) is 10.2 Å². The van der Waals surface area contributed by atoms with E-state index in [0.717, 1.165) is 13.2 Å². The Kier molecular flexibility index (Phi) is 4.45. The van der Waals surface area contributed by atoms with Gasteiger partial charge in [0, 0.05) is 25.2 Å². The molecule has 2 aliphatic heterocycles. The van der Waals surface area contributed by atoms with Gasteiger partial charge >= 0.3 is 0 Å². The molecule has 0 aromatic rings. The first-order valence-electron chi connectivity index (χ1n) is 8.39. The average Bonchev–Trinajstić information content (AvgIpc) is 2.44. The lowest BCUT2D eigenvalue weighted by atomic mass is 9.74. The third-order valence-corrected chi connectivity index (χ3v) is 5.47. The van der Waals surface area contributed by atoms with E-state index in [1.807, 2.05) is 0 Å². The lowest BCUT2D eigenvalue weighted by Crippen LogP contribution is -2.53. The highest BCUT2D eigenvalue weighted by Crippen LogP contribution is 2.42. The van der Waals surface area contributed by atoms with Crippen LogP contribution in [0.15, 0.2) is 0 Å². The predicted molar refractivity (Wildman–Crippen MR) is 78.4 cm³/mol. The monoisotopic (exact) mass is 266 g/mol. The van der Waals surface area contributed by atoms with E-state index in [9.17, 15) is 0 Å². The summed E-state index contributed by atoms with van der Waals surface area (Å²) < 4.78 is 6.00. The largest absolute Gasteiger partial charge is 0.375 e. The third kappa shape index (κ3) is 3.32. The molecule has 0 aromatic heterocycles. The molecule has 3 aliphatic rings. The lowest BCUT2D eigenvalue weighted by Gasteiger charge is -2.47. The summed E-state index contributed by atoms with van der Waals surface area (Å²) in [6, 6.07) is 1.39. The number of rotatable bonds is 4. The molecule has 1 N–H and O–H groups in total. The molecule has 3 heteroatoms. The fraction of sp³-hybridized carbons (Fsp3) is 1.00. The van der Waals surface area contributed by atoms with Gasteiger partial charge in [-0.05, 0) is 65.0 Å². The molecule has 0 bridgehead atoms. The smallest absolute Gasteiger partial charge is 0.0697 e. The highest BCUT2D eigenvalue weighted by Gasteiger charge is 2.42. The molecule has 1 aliphatic carbocycles. The Morgan fingerprint density at radius 2 is 2.00 bits per heavy atom. The highest BCUT2D eigenvalue weighted by atomic mass is 16.5. The van der Waals surface area contributed by atoms with E-state index in [1.54, 1.807) is 0 Å². The second-order valence-electron chi connectivity index (χ2n) is 6.93. The number of hydrogen-bond acceptors (Lipinski definition) is 3. The van der Waals surface area contributed by atoms with Crippen LogP contribution in [-0.4, -0.2) is 48.8 Å². The van der Waals surface area contributed by atoms with Crippen LogP contribution in [0.1, 0.15) is 58.3 Å². The van der Waals surface area contributed by atoms with Gasteiger partial charge < -0.3 is 10.1 Å². The van der Waals surface area contributed by atoms with Gasteiger partial charge in [0.25, 0.3) is 0 Å². The summed E-state index contributed by atoms with van der Waals surface area (Å²) >= 11 is 0. The molecule has 2 atom stereocenters. The van der Waals surface area contributed by atoms with Crippen LogP contribution in [0.3, 0.4) is 0 Å². The molecule has 19 heavy (non-hydrogen) atoms. The Bertz CT molecular complexity index is 284. The summed E-state index contributed by atoms with van der Waals surface area (Å²) in [7, 11) is 0. The van der Waals surface area contributed by atoms with E-state index < -0.39 is 0 Å². The summed E-state index contributed by atoms with van der Waals surface area (Å²) in [4.78, 5) is 2.66. The van der Waals surface area contributed by atoms with Gasteiger partial charge in [0.2, 0.25) is 0 Å². The van der Waals surface area contributed by atoms with Crippen molar-refractivity contribution in [2.75, 3.05) is 26.2 Å². The zero-order valence-corrected chi connectivity index (χ0v) is 12.5. The van der Waals surface area contributed by atoms with Crippen molar-refractivity contribution in [3.63, 3.8) is 0 Å². The summed E-state index contributed by atoms with van der Waals surface area (Å²) in [6.07, 6.45) is 10.6. The molecule has 1 saturated carbocycles. The molecule has 110 valence electrons. The molecule has 0 aromatic carbocycles. The van der Waals surface area contributed by atoms with Crippen LogP contribution in [0.25, 0.3) is 0 Å². The molecule has 0 radical (unpaired) electrons. The van der Waals surface area contributed by atoms with Gasteiger partial charge in [-0.1, -0.05) is 6.42 Å². The Morgan fingerprint density at radius 1 is 1.21 bits per heavy atom. The zero-order chi connectivity index (χ0) is 13.1. The molecule has 3 rings (SSSR count). The third-order valence-electron chi connectivity index (χ3n) is 5.47. The first kappa shape index (κ1) is 13.8. The number of nitrogens with zero attached hydrogens (tertiary/aromatic N) is 1. The van der Waals surface area contributed by atoms with Gasteiger partial charge in [0.1, 0.15) is 0 Å². The Morgan fingerprint density at radius 3 is 2.68 bits per heavy atom. The molecule has 0 amide bonds. The quantitative estimate of drug-likeness (QED) is 0.846. The van der Waals surface area contributed by atoms with Gasteiger partial charge in [-0.15, -0.1) is 0 Å². The van der Waals surface area contributed by atoms with Crippen molar-refractivity contribution in [1.29, 1.82) is 0 Å². The van der Waals surface area contributed by atoms with Gasteiger partial charge in [0.05, 0.1) is 5.60 Å². The van der Waals surface area contributed by atoms with Crippen molar-refractivity contribution >= 4 is 0 Å². The van der Waals surface area contributed by atoms with Crippen LogP contribution < -0.4 is 5.32 Å². The summed E-state index contributed by atoms with van der Waals surface area (Å²) in [5.74, 6) is 0. The van der Waals surface area contributed by atoms with Gasteiger partial charge in [-0.3, -0.25) is 4.90 Å². The van der Waals surface area contributed by atoms with Crippen molar-refractivity contribution < 1.29 is 4.74 Å². The number of piperidine rings is 1. The molecular weight excluding hydrogens is 236 g/mol.